The Morgan fingerprint density at radius 1 is 1.11 bits per heavy atom. The second-order valence-electron chi connectivity index (χ2n) is 7.33. The fourth-order valence-electron chi connectivity index (χ4n) is 2.50. The third kappa shape index (κ3) is 4.64. The first-order valence-electron chi connectivity index (χ1n) is 8.71. The summed E-state index contributed by atoms with van der Waals surface area (Å²) in [6.07, 6.45) is 0. The van der Waals surface area contributed by atoms with Crippen molar-refractivity contribution in [3.63, 3.8) is 0 Å². The van der Waals surface area contributed by atoms with Crippen molar-refractivity contribution in [1.82, 2.24) is 20.6 Å². The maximum Gasteiger partial charge on any atom is 0.287 e. The van der Waals surface area contributed by atoms with Crippen LogP contribution in [0.25, 0.3) is 0 Å². The Bertz CT molecular complexity index is 973. The van der Waals surface area contributed by atoms with E-state index in [-0.39, 0.29) is 17.1 Å². The Morgan fingerprint density at radius 3 is 2.39 bits per heavy atom. The van der Waals surface area contributed by atoms with E-state index in [2.05, 4.69) is 16.0 Å². The number of carbonyl (C=O) groups excluding carboxylic acids is 2. The standard InChI is InChI=1S/C20H21FN4O2S/c1-20(2,3)17-11-15(18(26)22-23-19(27)16-5-4-10-28-16)25(24-17)12-13-6-8-14(21)9-7-13/h4-11H,12H2,1-3H3,(H,22,26)(H,23,27). The molecule has 0 aliphatic heterocycles. The Labute approximate surface area is 166 Å². The van der Waals surface area contributed by atoms with Crippen LogP contribution in [0.4, 0.5) is 4.39 Å². The van der Waals surface area contributed by atoms with E-state index in [4.69, 9.17) is 0 Å². The van der Waals surface area contributed by atoms with Gasteiger partial charge in [0, 0.05) is 5.41 Å². The zero-order chi connectivity index (χ0) is 20.3. The molecule has 2 N–H and O–H groups in total. The molecule has 0 saturated heterocycles. The molecule has 0 unspecified atom stereocenters. The zero-order valence-corrected chi connectivity index (χ0v) is 16.6. The van der Waals surface area contributed by atoms with Gasteiger partial charge >= 0.3 is 0 Å². The first-order chi connectivity index (χ1) is 13.2. The van der Waals surface area contributed by atoms with Gasteiger partial charge in [0.15, 0.2) is 0 Å². The molecule has 28 heavy (non-hydrogen) atoms. The van der Waals surface area contributed by atoms with Gasteiger partial charge in [-0.1, -0.05) is 39.0 Å². The molecule has 2 amide bonds. The number of nitrogens with one attached hydrogen (secondary N) is 2. The van der Waals surface area contributed by atoms with Gasteiger partial charge < -0.3 is 0 Å². The van der Waals surface area contributed by atoms with Gasteiger partial charge in [0.1, 0.15) is 11.5 Å². The maximum absolute atomic E-state index is 13.2. The average molecular weight is 400 g/mol. The summed E-state index contributed by atoms with van der Waals surface area (Å²) in [4.78, 5) is 25.2. The lowest BCUT2D eigenvalue weighted by atomic mass is 9.92. The zero-order valence-electron chi connectivity index (χ0n) is 15.8. The highest BCUT2D eigenvalue weighted by Crippen LogP contribution is 2.22. The monoisotopic (exact) mass is 400 g/mol. The Balaban J connectivity index is 1.81. The van der Waals surface area contributed by atoms with Crippen LogP contribution in [0, 0.1) is 5.82 Å². The van der Waals surface area contributed by atoms with E-state index in [1.807, 2.05) is 20.8 Å². The maximum atomic E-state index is 13.2. The van der Waals surface area contributed by atoms with Crippen molar-refractivity contribution in [1.29, 1.82) is 0 Å². The molecule has 0 aliphatic carbocycles. The molecule has 146 valence electrons. The molecule has 0 radical (unpaired) electrons. The Morgan fingerprint density at radius 2 is 1.79 bits per heavy atom. The molecule has 3 aromatic rings. The normalized spacial score (nSPS) is 11.3. The van der Waals surface area contributed by atoms with Crippen LogP contribution >= 0.6 is 11.3 Å². The molecule has 1 aromatic carbocycles. The van der Waals surface area contributed by atoms with E-state index in [0.717, 1.165) is 11.3 Å². The van der Waals surface area contributed by atoms with Gasteiger partial charge in [-0.2, -0.15) is 5.10 Å². The molecule has 0 saturated carbocycles. The predicted octanol–water partition coefficient (Wildman–Crippen LogP) is 3.50. The van der Waals surface area contributed by atoms with Crippen molar-refractivity contribution in [3.05, 3.63) is 75.5 Å². The number of hydrogen-bond acceptors (Lipinski definition) is 4. The van der Waals surface area contributed by atoms with Gasteiger partial charge in [-0.3, -0.25) is 25.1 Å². The highest BCUT2D eigenvalue weighted by atomic mass is 32.1. The van der Waals surface area contributed by atoms with E-state index < -0.39 is 5.91 Å². The minimum absolute atomic E-state index is 0.261. The molecule has 0 aliphatic rings. The number of amides is 2. The number of hydrogen-bond donors (Lipinski definition) is 2. The third-order valence-corrected chi connectivity index (χ3v) is 4.93. The number of carbonyl (C=O) groups is 2. The fourth-order valence-corrected chi connectivity index (χ4v) is 3.12. The van der Waals surface area contributed by atoms with E-state index in [9.17, 15) is 14.0 Å². The number of halogens is 1. The molecule has 8 heteroatoms. The van der Waals surface area contributed by atoms with E-state index in [0.29, 0.717) is 17.1 Å². The second-order valence-corrected chi connectivity index (χ2v) is 8.28. The highest BCUT2D eigenvalue weighted by molar-refractivity contribution is 7.12. The summed E-state index contributed by atoms with van der Waals surface area (Å²) >= 11 is 1.28. The molecule has 0 spiro atoms. The summed E-state index contributed by atoms with van der Waals surface area (Å²) < 4.78 is 14.7. The lowest BCUT2D eigenvalue weighted by molar-refractivity contribution is 0.0843. The summed E-state index contributed by atoms with van der Waals surface area (Å²) in [6.45, 7) is 6.30. The Hall–Kier alpha value is -3.00. The predicted molar refractivity (Wildman–Crippen MR) is 106 cm³/mol. The first-order valence-corrected chi connectivity index (χ1v) is 9.59. The minimum atomic E-state index is -0.477. The van der Waals surface area contributed by atoms with Gasteiger partial charge in [-0.25, -0.2) is 4.39 Å². The van der Waals surface area contributed by atoms with E-state index >= 15 is 0 Å². The van der Waals surface area contributed by atoms with Crippen molar-refractivity contribution >= 4 is 23.2 Å². The van der Waals surface area contributed by atoms with Gasteiger partial charge in [0.05, 0.1) is 17.1 Å². The highest BCUT2D eigenvalue weighted by Gasteiger charge is 2.23. The number of nitrogens with zero attached hydrogens (tertiary/aromatic N) is 2. The second kappa shape index (κ2) is 7.93. The first kappa shape index (κ1) is 19.8. The van der Waals surface area contributed by atoms with Gasteiger partial charge in [0.2, 0.25) is 0 Å². The minimum Gasteiger partial charge on any atom is -0.266 e. The average Bonchev–Trinajstić information content (AvgIpc) is 3.31. The molecule has 0 bridgehead atoms. The summed E-state index contributed by atoms with van der Waals surface area (Å²) in [5.74, 6) is -1.19. The SMILES string of the molecule is CC(C)(C)c1cc(C(=O)NNC(=O)c2cccs2)n(Cc2ccc(F)cc2)n1. The fraction of sp³-hybridized carbons (Fsp3) is 0.250. The summed E-state index contributed by atoms with van der Waals surface area (Å²) in [7, 11) is 0. The largest absolute Gasteiger partial charge is 0.287 e. The quantitative estimate of drug-likeness (QED) is 0.658. The molecular weight excluding hydrogens is 379 g/mol. The number of rotatable bonds is 4. The van der Waals surface area contributed by atoms with E-state index in [1.165, 1.54) is 23.5 Å². The summed E-state index contributed by atoms with van der Waals surface area (Å²) in [5.41, 5.74) is 6.44. The van der Waals surface area contributed by atoms with Crippen LogP contribution in [0.2, 0.25) is 0 Å². The van der Waals surface area contributed by atoms with E-state index in [1.54, 1.807) is 40.4 Å². The summed E-state index contributed by atoms with van der Waals surface area (Å²) in [6, 6.07) is 11.2. The van der Waals surface area contributed by atoms with Crippen LogP contribution < -0.4 is 10.9 Å². The number of hydrazine groups is 1. The molecule has 0 fully saturated rings. The van der Waals surface area contributed by atoms with Crippen molar-refractivity contribution in [2.24, 2.45) is 0 Å². The molecule has 6 nitrogen and oxygen atoms in total. The number of thiophene rings is 1. The molecule has 2 aromatic heterocycles. The molecule has 2 heterocycles. The lowest BCUT2D eigenvalue weighted by Crippen LogP contribution is -2.42. The van der Waals surface area contributed by atoms with Crippen LogP contribution in [-0.4, -0.2) is 21.6 Å². The van der Waals surface area contributed by atoms with Crippen molar-refractivity contribution < 1.29 is 14.0 Å². The van der Waals surface area contributed by atoms with Crippen molar-refractivity contribution in [2.75, 3.05) is 0 Å². The van der Waals surface area contributed by atoms with Crippen LogP contribution in [0.15, 0.2) is 47.8 Å². The van der Waals surface area contributed by atoms with Gasteiger partial charge in [0.25, 0.3) is 11.8 Å². The van der Waals surface area contributed by atoms with Crippen molar-refractivity contribution in [2.45, 2.75) is 32.7 Å². The van der Waals surface area contributed by atoms with Gasteiger partial charge in [-0.15, -0.1) is 11.3 Å². The van der Waals surface area contributed by atoms with Crippen molar-refractivity contribution in [3.8, 4) is 0 Å². The number of benzene rings is 1. The smallest absolute Gasteiger partial charge is 0.266 e. The van der Waals surface area contributed by atoms with Gasteiger partial charge in [-0.05, 0) is 35.2 Å². The van der Waals surface area contributed by atoms with Crippen LogP contribution in [0.1, 0.15) is 52.2 Å². The lowest BCUT2D eigenvalue weighted by Gasteiger charge is -2.14. The van der Waals surface area contributed by atoms with Crippen LogP contribution in [0.5, 0.6) is 0 Å². The van der Waals surface area contributed by atoms with Crippen LogP contribution in [0.3, 0.4) is 0 Å². The Kier molecular flexibility index (Phi) is 5.60. The molecular formula is C20H21FN4O2S. The molecule has 0 atom stereocenters. The topological polar surface area (TPSA) is 76.0 Å². The van der Waals surface area contributed by atoms with Crippen LogP contribution in [-0.2, 0) is 12.0 Å². The molecule has 3 rings (SSSR count). The summed E-state index contributed by atoms with van der Waals surface area (Å²) in [5, 5.41) is 6.33. The number of aromatic nitrogens is 2. The third-order valence-electron chi connectivity index (χ3n) is 4.06.